The minimum Gasteiger partial charge on any atom is -0.485 e. The van der Waals surface area contributed by atoms with E-state index in [4.69, 9.17) is 13.9 Å². The lowest BCUT2D eigenvalue weighted by Gasteiger charge is -2.23. The van der Waals surface area contributed by atoms with Crippen molar-refractivity contribution >= 4 is 23.3 Å². The van der Waals surface area contributed by atoms with Crippen molar-refractivity contribution in [2.75, 3.05) is 11.9 Å². The lowest BCUT2D eigenvalue weighted by Crippen LogP contribution is -2.21. The Morgan fingerprint density at radius 2 is 1.70 bits per heavy atom. The standard InChI is InChI=1S/C17H11N5O8/c23-15(9-5-10(21(24)25)7-11(6-9)22(26)27)18-17-20-19-16(30-17)14-8-28-12-3-1-2-4-13(12)29-14/h1-7,14H,8H2,(H,18,20,23). The van der Waals surface area contributed by atoms with E-state index in [2.05, 4.69) is 15.5 Å². The highest BCUT2D eigenvalue weighted by Gasteiger charge is 2.28. The molecule has 1 atom stereocenters. The molecule has 0 saturated heterocycles. The molecule has 0 saturated carbocycles. The molecule has 2 heterocycles. The largest absolute Gasteiger partial charge is 0.485 e. The molecule has 0 aliphatic carbocycles. The quantitative estimate of drug-likeness (QED) is 0.484. The van der Waals surface area contributed by atoms with Crippen molar-refractivity contribution in [1.29, 1.82) is 0 Å². The molecular formula is C17H11N5O8. The van der Waals surface area contributed by atoms with Gasteiger partial charge in [-0.05, 0) is 12.1 Å². The Labute approximate surface area is 166 Å². The van der Waals surface area contributed by atoms with Crippen molar-refractivity contribution in [1.82, 2.24) is 10.2 Å². The number of anilines is 1. The summed E-state index contributed by atoms with van der Waals surface area (Å²) in [6.45, 7) is 0.101. The summed E-state index contributed by atoms with van der Waals surface area (Å²) in [5.74, 6) is 0.184. The second-order valence-corrected chi connectivity index (χ2v) is 6.02. The van der Waals surface area contributed by atoms with Crippen LogP contribution in [0, 0.1) is 20.2 Å². The number of nitrogens with zero attached hydrogens (tertiary/aromatic N) is 4. The third kappa shape index (κ3) is 3.71. The van der Waals surface area contributed by atoms with Crippen molar-refractivity contribution in [3.05, 3.63) is 74.1 Å². The number of hydrogen-bond donors (Lipinski definition) is 1. The molecule has 30 heavy (non-hydrogen) atoms. The number of carbonyl (C=O) groups excluding carboxylic acids is 1. The lowest BCUT2D eigenvalue weighted by atomic mass is 10.1. The van der Waals surface area contributed by atoms with Gasteiger partial charge in [0, 0.05) is 12.1 Å². The van der Waals surface area contributed by atoms with Crippen molar-refractivity contribution in [3.8, 4) is 11.5 Å². The van der Waals surface area contributed by atoms with Gasteiger partial charge in [0.1, 0.15) is 6.61 Å². The Balaban J connectivity index is 1.51. The van der Waals surface area contributed by atoms with E-state index in [9.17, 15) is 25.0 Å². The first-order valence-corrected chi connectivity index (χ1v) is 8.38. The predicted octanol–water partition coefficient (Wildman–Crippen LogP) is 2.65. The van der Waals surface area contributed by atoms with Crippen LogP contribution in [0.25, 0.3) is 0 Å². The van der Waals surface area contributed by atoms with Crippen LogP contribution >= 0.6 is 0 Å². The summed E-state index contributed by atoms with van der Waals surface area (Å²) in [6.07, 6.45) is -0.711. The maximum atomic E-state index is 12.4. The summed E-state index contributed by atoms with van der Waals surface area (Å²) in [7, 11) is 0. The van der Waals surface area contributed by atoms with Gasteiger partial charge >= 0.3 is 6.01 Å². The van der Waals surface area contributed by atoms with Crippen LogP contribution in [-0.2, 0) is 0 Å². The first kappa shape index (κ1) is 18.8. The maximum absolute atomic E-state index is 12.4. The van der Waals surface area contributed by atoms with Crippen molar-refractivity contribution in [2.24, 2.45) is 0 Å². The van der Waals surface area contributed by atoms with Crippen LogP contribution in [0.4, 0.5) is 17.4 Å². The summed E-state index contributed by atoms with van der Waals surface area (Å²) in [6, 6.07) is 9.23. The molecule has 1 N–H and O–H groups in total. The van der Waals surface area contributed by atoms with Crippen molar-refractivity contribution in [2.45, 2.75) is 6.10 Å². The van der Waals surface area contributed by atoms with Crippen LogP contribution in [0.15, 0.2) is 46.9 Å². The average molecular weight is 413 g/mol. The van der Waals surface area contributed by atoms with Gasteiger partial charge in [-0.2, -0.15) is 0 Å². The highest BCUT2D eigenvalue weighted by Crippen LogP contribution is 2.35. The van der Waals surface area contributed by atoms with Crippen molar-refractivity contribution in [3.63, 3.8) is 0 Å². The van der Waals surface area contributed by atoms with Gasteiger partial charge in [0.2, 0.25) is 6.10 Å². The molecule has 2 aromatic carbocycles. The fraction of sp³-hybridized carbons (Fsp3) is 0.118. The van der Waals surface area contributed by atoms with Gasteiger partial charge in [0.05, 0.1) is 21.5 Å². The topological polar surface area (TPSA) is 173 Å². The molecule has 0 bridgehead atoms. The molecule has 0 spiro atoms. The van der Waals surface area contributed by atoms with E-state index in [0.717, 1.165) is 18.2 Å². The molecule has 1 amide bonds. The Morgan fingerprint density at radius 3 is 2.37 bits per heavy atom. The number of ether oxygens (including phenoxy) is 2. The number of hydrogen-bond acceptors (Lipinski definition) is 10. The molecule has 13 nitrogen and oxygen atoms in total. The zero-order valence-corrected chi connectivity index (χ0v) is 14.9. The SMILES string of the molecule is O=C(Nc1nnc(C2COc3ccccc3O2)o1)c1cc([N+](=O)[O-])cc([N+](=O)[O-])c1. The number of fused-ring (bicyclic) bond motifs is 1. The molecule has 0 radical (unpaired) electrons. The molecule has 1 aromatic heterocycles. The molecule has 1 unspecified atom stereocenters. The number of non-ortho nitro benzene ring substituents is 2. The monoisotopic (exact) mass is 413 g/mol. The number of carbonyl (C=O) groups is 1. The summed E-state index contributed by atoms with van der Waals surface area (Å²) >= 11 is 0. The van der Waals surface area contributed by atoms with E-state index < -0.39 is 33.2 Å². The maximum Gasteiger partial charge on any atom is 0.322 e. The highest BCUT2D eigenvalue weighted by atomic mass is 16.6. The van der Waals surface area contributed by atoms with Gasteiger partial charge in [-0.3, -0.25) is 30.3 Å². The van der Waals surface area contributed by atoms with Crippen LogP contribution in [0.5, 0.6) is 11.5 Å². The van der Waals surface area contributed by atoms with E-state index >= 15 is 0 Å². The number of rotatable bonds is 5. The second-order valence-electron chi connectivity index (χ2n) is 6.02. The Kier molecular flexibility index (Phi) is 4.67. The lowest BCUT2D eigenvalue weighted by molar-refractivity contribution is -0.394. The van der Waals surface area contributed by atoms with Gasteiger partial charge in [-0.15, -0.1) is 5.10 Å². The van der Waals surface area contributed by atoms with Gasteiger partial charge < -0.3 is 13.9 Å². The fourth-order valence-corrected chi connectivity index (χ4v) is 2.66. The van der Waals surface area contributed by atoms with Gasteiger partial charge in [0.25, 0.3) is 23.2 Å². The number of nitro benzene ring substituents is 2. The summed E-state index contributed by atoms with van der Waals surface area (Å²) < 4.78 is 16.6. The minimum absolute atomic E-state index is 0.0322. The zero-order chi connectivity index (χ0) is 21.3. The van der Waals surface area contributed by atoms with Crippen LogP contribution in [0.1, 0.15) is 22.4 Å². The first-order chi connectivity index (χ1) is 14.4. The molecular weight excluding hydrogens is 402 g/mol. The smallest absolute Gasteiger partial charge is 0.322 e. The Morgan fingerprint density at radius 1 is 1.03 bits per heavy atom. The summed E-state index contributed by atoms with van der Waals surface area (Å²) in [5.41, 5.74) is -1.53. The Bertz CT molecular complexity index is 1130. The highest BCUT2D eigenvalue weighted by molar-refractivity contribution is 6.04. The first-order valence-electron chi connectivity index (χ1n) is 8.38. The van der Waals surface area contributed by atoms with Crippen LogP contribution in [0.3, 0.4) is 0 Å². The van der Waals surface area contributed by atoms with Crippen molar-refractivity contribution < 1.29 is 28.5 Å². The number of aromatic nitrogens is 2. The zero-order valence-electron chi connectivity index (χ0n) is 14.9. The van der Waals surface area contributed by atoms with E-state index in [1.807, 2.05) is 0 Å². The molecule has 152 valence electrons. The molecule has 0 fully saturated rings. The van der Waals surface area contributed by atoms with Crippen LogP contribution in [0.2, 0.25) is 0 Å². The number of nitro groups is 2. The summed E-state index contributed by atoms with van der Waals surface area (Å²) in [5, 5.41) is 31.6. The summed E-state index contributed by atoms with van der Waals surface area (Å²) in [4.78, 5) is 32.6. The average Bonchev–Trinajstić information content (AvgIpc) is 3.21. The normalized spacial score (nSPS) is 14.7. The minimum atomic E-state index is -0.900. The van der Waals surface area contributed by atoms with E-state index in [1.54, 1.807) is 24.3 Å². The molecule has 13 heteroatoms. The van der Waals surface area contributed by atoms with Gasteiger partial charge in [0.15, 0.2) is 11.5 Å². The number of para-hydroxylation sites is 2. The number of nitrogens with one attached hydrogen (secondary N) is 1. The van der Waals surface area contributed by atoms with Gasteiger partial charge in [-0.1, -0.05) is 17.2 Å². The third-order valence-electron chi connectivity index (χ3n) is 4.03. The second kappa shape index (κ2) is 7.46. The van der Waals surface area contributed by atoms with E-state index in [-0.39, 0.29) is 24.1 Å². The number of benzene rings is 2. The van der Waals surface area contributed by atoms with Crippen LogP contribution < -0.4 is 14.8 Å². The fourth-order valence-electron chi connectivity index (χ4n) is 2.66. The van der Waals surface area contributed by atoms with E-state index in [1.165, 1.54) is 0 Å². The Hall–Kier alpha value is -4.55. The third-order valence-corrected chi connectivity index (χ3v) is 4.03. The molecule has 1 aliphatic rings. The predicted molar refractivity (Wildman–Crippen MR) is 97.3 cm³/mol. The molecule has 4 rings (SSSR count). The molecule has 3 aromatic rings. The van der Waals surface area contributed by atoms with Crippen LogP contribution in [-0.4, -0.2) is 32.6 Å². The van der Waals surface area contributed by atoms with E-state index in [0.29, 0.717) is 11.5 Å². The number of amides is 1. The van der Waals surface area contributed by atoms with Gasteiger partial charge in [-0.25, -0.2) is 0 Å². The molecule has 1 aliphatic heterocycles.